The average Bonchev–Trinajstić information content (AvgIpc) is 2.69. The predicted octanol–water partition coefficient (Wildman–Crippen LogP) is 7.48. The standard InChI is InChI=1S/C23H27FN2S/c1-2-3-4-5-17-6-8-18(9-7-17)19-10-12-20(13-11-19)21-15-25-23(26-16-27)14-22(21)24/h10-15,17-18H,2-9H2,1H3. The summed E-state index contributed by atoms with van der Waals surface area (Å²) >= 11 is 4.53. The molecule has 1 fully saturated rings. The van der Waals surface area contributed by atoms with E-state index in [-0.39, 0.29) is 11.6 Å². The minimum Gasteiger partial charge on any atom is -0.236 e. The summed E-state index contributed by atoms with van der Waals surface area (Å²) in [6, 6.07) is 9.61. The molecule has 1 saturated carbocycles. The molecule has 1 aliphatic rings. The number of aliphatic imine (C=N–C) groups is 1. The summed E-state index contributed by atoms with van der Waals surface area (Å²) in [5, 5.41) is 2.21. The summed E-state index contributed by atoms with van der Waals surface area (Å²) in [4.78, 5) is 7.84. The summed E-state index contributed by atoms with van der Waals surface area (Å²) in [6.07, 6.45) is 12.2. The fraction of sp³-hybridized carbons (Fsp3) is 0.478. The highest BCUT2D eigenvalue weighted by Gasteiger charge is 2.22. The van der Waals surface area contributed by atoms with Gasteiger partial charge in [0.25, 0.3) is 0 Å². The third-order valence-corrected chi connectivity index (χ3v) is 5.85. The first-order valence-corrected chi connectivity index (χ1v) is 10.5. The zero-order valence-corrected chi connectivity index (χ0v) is 16.8. The Hall–Kier alpha value is -1.90. The number of hydrogen-bond donors (Lipinski definition) is 0. The quantitative estimate of drug-likeness (QED) is 0.282. The van der Waals surface area contributed by atoms with E-state index in [9.17, 15) is 4.39 Å². The molecule has 1 heterocycles. The number of aromatic nitrogens is 1. The Morgan fingerprint density at radius 3 is 2.52 bits per heavy atom. The van der Waals surface area contributed by atoms with Gasteiger partial charge in [0.2, 0.25) is 0 Å². The van der Waals surface area contributed by atoms with Crippen molar-refractivity contribution >= 4 is 23.2 Å². The van der Waals surface area contributed by atoms with Crippen LogP contribution in [0.4, 0.5) is 10.2 Å². The zero-order chi connectivity index (χ0) is 19.1. The molecule has 3 rings (SSSR count). The normalized spacial score (nSPS) is 19.5. The lowest BCUT2D eigenvalue weighted by atomic mass is 9.77. The van der Waals surface area contributed by atoms with Crippen molar-refractivity contribution in [3.05, 3.63) is 47.9 Å². The van der Waals surface area contributed by atoms with Crippen LogP contribution in [0.5, 0.6) is 0 Å². The molecule has 0 radical (unpaired) electrons. The molecule has 1 aromatic heterocycles. The molecule has 0 spiro atoms. The van der Waals surface area contributed by atoms with Crippen LogP contribution in [0, 0.1) is 11.7 Å². The van der Waals surface area contributed by atoms with Crippen LogP contribution in [-0.2, 0) is 0 Å². The monoisotopic (exact) mass is 382 g/mol. The van der Waals surface area contributed by atoms with Gasteiger partial charge < -0.3 is 0 Å². The van der Waals surface area contributed by atoms with Crippen molar-refractivity contribution in [1.82, 2.24) is 4.98 Å². The Labute approximate surface area is 167 Å². The van der Waals surface area contributed by atoms with Gasteiger partial charge in [0.1, 0.15) is 5.82 Å². The van der Waals surface area contributed by atoms with E-state index in [1.807, 2.05) is 12.1 Å². The van der Waals surface area contributed by atoms with Crippen molar-refractivity contribution in [3.63, 3.8) is 0 Å². The van der Waals surface area contributed by atoms with Crippen LogP contribution in [0.15, 0.2) is 41.5 Å². The molecule has 142 valence electrons. The minimum absolute atomic E-state index is 0.249. The zero-order valence-electron chi connectivity index (χ0n) is 16.0. The topological polar surface area (TPSA) is 25.2 Å². The molecule has 0 unspecified atom stereocenters. The van der Waals surface area contributed by atoms with Crippen molar-refractivity contribution < 1.29 is 4.39 Å². The Morgan fingerprint density at radius 2 is 1.89 bits per heavy atom. The number of pyridine rings is 1. The van der Waals surface area contributed by atoms with Gasteiger partial charge in [-0.05, 0) is 60.9 Å². The van der Waals surface area contributed by atoms with Crippen LogP contribution in [0.3, 0.4) is 0 Å². The van der Waals surface area contributed by atoms with Crippen molar-refractivity contribution in [3.8, 4) is 11.1 Å². The lowest BCUT2D eigenvalue weighted by molar-refractivity contribution is 0.303. The fourth-order valence-corrected chi connectivity index (χ4v) is 4.24. The van der Waals surface area contributed by atoms with Gasteiger partial charge >= 0.3 is 0 Å². The van der Waals surface area contributed by atoms with Gasteiger partial charge in [0, 0.05) is 17.8 Å². The molecule has 0 amide bonds. The van der Waals surface area contributed by atoms with Gasteiger partial charge in [0.05, 0.1) is 5.16 Å². The molecule has 0 aliphatic heterocycles. The lowest BCUT2D eigenvalue weighted by Crippen LogP contribution is -2.13. The molecule has 27 heavy (non-hydrogen) atoms. The highest BCUT2D eigenvalue weighted by molar-refractivity contribution is 7.78. The highest BCUT2D eigenvalue weighted by Crippen LogP contribution is 2.38. The molecular weight excluding hydrogens is 355 g/mol. The predicted molar refractivity (Wildman–Crippen MR) is 113 cm³/mol. The fourth-order valence-electron chi connectivity index (χ4n) is 4.14. The van der Waals surface area contributed by atoms with Crippen molar-refractivity contribution in [2.24, 2.45) is 10.9 Å². The summed E-state index contributed by atoms with van der Waals surface area (Å²) in [7, 11) is 0. The molecular formula is C23H27FN2S. The maximum atomic E-state index is 14.3. The van der Waals surface area contributed by atoms with E-state index in [0.29, 0.717) is 11.5 Å². The van der Waals surface area contributed by atoms with Crippen LogP contribution < -0.4 is 0 Å². The third kappa shape index (κ3) is 5.31. The number of benzene rings is 1. The average molecular weight is 383 g/mol. The number of isothiocyanates is 1. The first-order valence-electron chi connectivity index (χ1n) is 10.0. The Balaban J connectivity index is 1.62. The SMILES string of the molecule is CCCCCC1CCC(c2ccc(-c3cnc(N=C=S)cc3F)cc2)CC1. The minimum atomic E-state index is -0.339. The maximum Gasteiger partial charge on any atom is 0.165 e. The second kappa shape index (κ2) is 9.87. The third-order valence-electron chi connectivity index (χ3n) is 5.76. The summed E-state index contributed by atoms with van der Waals surface area (Å²) in [5.74, 6) is 1.47. The summed E-state index contributed by atoms with van der Waals surface area (Å²) in [6.45, 7) is 2.27. The first-order chi connectivity index (χ1) is 13.2. The molecule has 0 N–H and O–H groups in total. The second-order valence-corrected chi connectivity index (χ2v) is 7.74. The van der Waals surface area contributed by atoms with Crippen LogP contribution >= 0.6 is 12.2 Å². The van der Waals surface area contributed by atoms with Crippen molar-refractivity contribution in [1.29, 1.82) is 0 Å². The van der Waals surface area contributed by atoms with Crippen LogP contribution in [0.25, 0.3) is 11.1 Å². The molecule has 0 saturated heterocycles. The van der Waals surface area contributed by atoms with Crippen LogP contribution in [0.1, 0.15) is 69.8 Å². The highest BCUT2D eigenvalue weighted by atomic mass is 32.1. The largest absolute Gasteiger partial charge is 0.236 e. The molecule has 0 bridgehead atoms. The van der Waals surface area contributed by atoms with Crippen LogP contribution in [0.2, 0.25) is 0 Å². The maximum absolute atomic E-state index is 14.3. The van der Waals surface area contributed by atoms with Gasteiger partial charge in [-0.3, -0.25) is 0 Å². The van der Waals surface area contributed by atoms with Gasteiger partial charge in [-0.25, -0.2) is 9.37 Å². The number of nitrogens with zero attached hydrogens (tertiary/aromatic N) is 2. The Bertz CT molecular complexity index is 789. The van der Waals surface area contributed by atoms with E-state index >= 15 is 0 Å². The van der Waals surface area contributed by atoms with Gasteiger partial charge in [-0.2, -0.15) is 4.99 Å². The number of unbranched alkanes of at least 4 members (excludes halogenated alkanes) is 2. The number of hydrogen-bond acceptors (Lipinski definition) is 3. The van der Waals surface area contributed by atoms with E-state index in [4.69, 9.17) is 0 Å². The van der Waals surface area contributed by atoms with Gasteiger partial charge in [-0.15, -0.1) is 0 Å². The van der Waals surface area contributed by atoms with Gasteiger partial charge in [0.15, 0.2) is 5.82 Å². The van der Waals surface area contributed by atoms with Crippen LogP contribution in [-0.4, -0.2) is 10.1 Å². The molecule has 1 aromatic carbocycles. The Morgan fingerprint density at radius 1 is 1.15 bits per heavy atom. The summed E-state index contributed by atoms with van der Waals surface area (Å²) < 4.78 is 14.3. The lowest BCUT2D eigenvalue weighted by Gasteiger charge is -2.29. The molecule has 1 aliphatic carbocycles. The van der Waals surface area contributed by atoms with E-state index in [0.717, 1.165) is 11.5 Å². The van der Waals surface area contributed by atoms with E-state index in [1.54, 1.807) is 0 Å². The number of rotatable bonds is 7. The molecule has 2 nitrogen and oxygen atoms in total. The van der Waals surface area contributed by atoms with Crippen molar-refractivity contribution in [2.75, 3.05) is 0 Å². The summed E-state index contributed by atoms with van der Waals surface area (Å²) in [5.41, 5.74) is 2.71. The molecule has 2 aromatic rings. The first kappa shape index (κ1) is 19.9. The molecule has 4 heteroatoms. The van der Waals surface area contributed by atoms with E-state index in [1.165, 1.54) is 69.2 Å². The second-order valence-electron chi connectivity index (χ2n) is 7.56. The smallest absolute Gasteiger partial charge is 0.165 e. The number of thiocarbonyl (C=S) groups is 1. The Kier molecular flexibility index (Phi) is 7.25. The van der Waals surface area contributed by atoms with E-state index < -0.39 is 0 Å². The molecule has 0 atom stereocenters. The van der Waals surface area contributed by atoms with E-state index in [2.05, 4.69) is 46.4 Å². The van der Waals surface area contributed by atoms with Crippen molar-refractivity contribution in [2.45, 2.75) is 64.2 Å². The van der Waals surface area contributed by atoms with Gasteiger partial charge in [-0.1, -0.05) is 56.9 Å². The number of halogens is 1.